The third-order valence-electron chi connectivity index (χ3n) is 2.03. The molecule has 0 bridgehead atoms. The van der Waals surface area contributed by atoms with Crippen molar-refractivity contribution in [1.82, 2.24) is 9.97 Å². The summed E-state index contributed by atoms with van der Waals surface area (Å²) in [7, 11) is 0. The molecule has 1 aromatic heterocycles. The SMILES string of the molecule is C=CC(=O)Nc1ncc(Oc2ccccc2)cn1. The monoisotopic (exact) mass is 241 g/mol. The highest BCUT2D eigenvalue weighted by Crippen LogP contribution is 2.19. The molecule has 1 amide bonds. The van der Waals surface area contributed by atoms with Crippen LogP contribution >= 0.6 is 0 Å². The number of nitrogens with zero attached hydrogens (tertiary/aromatic N) is 2. The smallest absolute Gasteiger partial charge is 0.250 e. The molecule has 5 heteroatoms. The number of anilines is 1. The highest BCUT2D eigenvalue weighted by Gasteiger charge is 2.01. The number of hydrogen-bond acceptors (Lipinski definition) is 4. The van der Waals surface area contributed by atoms with Gasteiger partial charge in [-0.3, -0.25) is 10.1 Å². The summed E-state index contributed by atoms with van der Waals surface area (Å²) in [5.74, 6) is 1.05. The number of carbonyl (C=O) groups excluding carboxylic acids is 1. The zero-order valence-electron chi connectivity index (χ0n) is 9.54. The lowest BCUT2D eigenvalue weighted by Crippen LogP contribution is -2.10. The minimum absolute atomic E-state index is 0.209. The van der Waals surface area contributed by atoms with Crippen LogP contribution < -0.4 is 10.1 Å². The first-order chi connectivity index (χ1) is 8.78. The molecule has 2 rings (SSSR count). The van der Waals surface area contributed by atoms with Crippen LogP contribution in [0.4, 0.5) is 5.95 Å². The fraction of sp³-hybridized carbons (Fsp3) is 0. The first-order valence-electron chi connectivity index (χ1n) is 5.26. The summed E-state index contributed by atoms with van der Waals surface area (Å²) in [5.41, 5.74) is 0. The van der Waals surface area contributed by atoms with Crippen molar-refractivity contribution < 1.29 is 9.53 Å². The first-order valence-corrected chi connectivity index (χ1v) is 5.26. The van der Waals surface area contributed by atoms with E-state index in [1.165, 1.54) is 12.4 Å². The molecule has 0 spiro atoms. The van der Waals surface area contributed by atoms with Crippen molar-refractivity contribution in [2.75, 3.05) is 5.32 Å². The fourth-order valence-electron chi connectivity index (χ4n) is 1.22. The third kappa shape index (κ3) is 3.15. The van der Waals surface area contributed by atoms with Crippen LogP contribution in [0.1, 0.15) is 0 Å². The van der Waals surface area contributed by atoms with E-state index in [1.807, 2.05) is 30.3 Å². The van der Waals surface area contributed by atoms with Gasteiger partial charge in [0.1, 0.15) is 5.75 Å². The number of amides is 1. The van der Waals surface area contributed by atoms with Gasteiger partial charge < -0.3 is 4.74 Å². The van der Waals surface area contributed by atoms with Gasteiger partial charge in [-0.05, 0) is 18.2 Å². The summed E-state index contributed by atoms with van der Waals surface area (Å²) in [6, 6.07) is 9.29. The number of hydrogen-bond donors (Lipinski definition) is 1. The lowest BCUT2D eigenvalue weighted by atomic mass is 10.3. The second kappa shape index (κ2) is 5.58. The molecule has 0 saturated heterocycles. The van der Waals surface area contributed by atoms with Crippen molar-refractivity contribution in [2.45, 2.75) is 0 Å². The van der Waals surface area contributed by atoms with E-state index < -0.39 is 0 Å². The molecule has 1 heterocycles. The molecule has 5 nitrogen and oxygen atoms in total. The standard InChI is InChI=1S/C13H11N3O2/c1-2-12(17)16-13-14-8-11(9-15-13)18-10-6-4-3-5-7-10/h2-9H,1H2,(H,14,15,16,17). The third-order valence-corrected chi connectivity index (χ3v) is 2.03. The minimum Gasteiger partial charge on any atom is -0.454 e. The van der Waals surface area contributed by atoms with E-state index in [2.05, 4.69) is 21.9 Å². The van der Waals surface area contributed by atoms with E-state index in [4.69, 9.17) is 4.74 Å². The average molecular weight is 241 g/mol. The Morgan fingerprint density at radius 2 is 1.83 bits per heavy atom. The molecule has 90 valence electrons. The van der Waals surface area contributed by atoms with Gasteiger partial charge in [-0.15, -0.1) is 0 Å². The maximum absolute atomic E-state index is 11.0. The highest BCUT2D eigenvalue weighted by molar-refractivity contribution is 5.97. The van der Waals surface area contributed by atoms with Crippen molar-refractivity contribution in [3.05, 3.63) is 55.4 Å². The Bertz CT molecular complexity index is 538. The second-order valence-electron chi connectivity index (χ2n) is 3.35. The van der Waals surface area contributed by atoms with Gasteiger partial charge in [0.15, 0.2) is 5.75 Å². The summed E-state index contributed by atoms with van der Waals surface area (Å²) in [4.78, 5) is 18.9. The molecule has 0 radical (unpaired) electrons. The van der Waals surface area contributed by atoms with Crippen LogP contribution in [-0.4, -0.2) is 15.9 Å². The number of carbonyl (C=O) groups is 1. The van der Waals surface area contributed by atoms with E-state index in [0.29, 0.717) is 11.5 Å². The molecule has 0 atom stereocenters. The Balaban J connectivity index is 2.04. The number of aromatic nitrogens is 2. The van der Waals surface area contributed by atoms with Crippen LogP contribution in [-0.2, 0) is 4.79 Å². The second-order valence-corrected chi connectivity index (χ2v) is 3.35. The lowest BCUT2D eigenvalue weighted by molar-refractivity contribution is -0.111. The predicted octanol–water partition coefficient (Wildman–Crippen LogP) is 2.39. The summed E-state index contributed by atoms with van der Waals surface area (Å²) < 4.78 is 5.51. The van der Waals surface area contributed by atoms with Gasteiger partial charge in [0.25, 0.3) is 0 Å². The normalized spacial score (nSPS) is 9.56. The average Bonchev–Trinajstić information content (AvgIpc) is 2.42. The quantitative estimate of drug-likeness (QED) is 0.835. The Labute approximate surface area is 104 Å². The van der Waals surface area contributed by atoms with E-state index >= 15 is 0 Å². The molecule has 0 fully saturated rings. The maximum Gasteiger partial charge on any atom is 0.250 e. The zero-order chi connectivity index (χ0) is 12.8. The van der Waals surface area contributed by atoms with Crippen LogP contribution in [0.25, 0.3) is 0 Å². The molecule has 0 aliphatic rings. The number of nitrogens with one attached hydrogen (secondary N) is 1. The van der Waals surface area contributed by atoms with Gasteiger partial charge in [0.05, 0.1) is 12.4 Å². The van der Waals surface area contributed by atoms with Crippen molar-refractivity contribution >= 4 is 11.9 Å². The van der Waals surface area contributed by atoms with Crippen LogP contribution in [0.2, 0.25) is 0 Å². The fourth-order valence-corrected chi connectivity index (χ4v) is 1.22. The van der Waals surface area contributed by atoms with Gasteiger partial charge in [-0.25, -0.2) is 9.97 Å². The minimum atomic E-state index is -0.355. The molecular weight excluding hydrogens is 230 g/mol. The zero-order valence-corrected chi connectivity index (χ0v) is 9.54. The summed E-state index contributed by atoms with van der Waals surface area (Å²) in [6.07, 6.45) is 4.12. The van der Waals surface area contributed by atoms with Crippen LogP contribution in [0, 0.1) is 0 Å². The summed E-state index contributed by atoms with van der Waals surface area (Å²) in [6.45, 7) is 3.34. The van der Waals surface area contributed by atoms with Gasteiger partial charge in [-0.2, -0.15) is 0 Å². The van der Waals surface area contributed by atoms with Crippen molar-refractivity contribution in [3.8, 4) is 11.5 Å². The van der Waals surface area contributed by atoms with Crippen LogP contribution in [0.5, 0.6) is 11.5 Å². The summed E-state index contributed by atoms with van der Waals surface area (Å²) in [5, 5.41) is 2.45. The first kappa shape index (κ1) is 11.8. The molecular formula is C13H11N3O2. The topological polar surface area (TPSA) is 64.1 Å². The Kier molecular flexibility index (Phi) is 3.66. The van der Waals surface area contributed by atoms with Crippen LogP contribution in [0.15, 0.2) is 55.4 Å². The molecule has 0 aliphatic carbocycles. The number of ether oxygens (including phenoxy) is 1. The molecule has 0 unspecified atom stereocenters. The maximum atomic E-state index is 11.0. The van der Waals surface area contributed by atoms with Gasteiger partial charge in [0, 0.05) is 0 Å². The van der Waals surface area contributed by atoms with E-state index in [0.717, 1.165) is 6.08 Å². The molecule has 1 aromatic carbocycles. The van der Waals surface area contributed by atoms with E-state index in [9.17, 15) is 4.79 Å². The van der Waals surface area contributed by atoms with Gasteiger partial charge >= 0.3 is 0 Å². The Morgan fingerprint density at radius 3 is 2.44 bits per heavy atom. The van der Waals surface area contributed by atoms with E-state index in [1.54, 1.807) is 0 Å². The lowest BCUT2D eigenvalue weighted by Gasteiger charge is -2.05. The molecule has 0 aliphatic heterocycles. The predicted molar refractivity (Wildman–Crippen MR) is 67.4 cm³/mol. The van der Waals surface area contributed by atoms with Gasteiger partial charge in [-0.1, -0.05) is 24.8 Å². The molecule has 1 N–H and O–H groups in total. The summed E-state index contributed by atoms with van der Waals surface area (Å²) >= 11 is 0. The number of rotatable bonds is 4. The van der Waals surface area contributed by atoms with Crippen LogP contribution in [0.3, 0.4) is 0 Å². The van der Waals surface area contributed by atoms with E-state index in [-0.39, 0.29) is 11.9 Å². The number of para-hydroxylation sites is 1. The van der Waals surface area contributed by atoms with Crippen molar-refractivity contribution in [1.29, 1.82) is 0 Å². The van der Waals surface area contributed by atoms with Crippen molar-refractivity contribution in [3.63, 3.8) is 0 Å². The molecule has 18 heavy (non-hydrogen) atoms. The highest BCUT2D eigenvalue weighted by atomic mass is 16.5. The van der Waals surface area contributed by atoms with Gasteiger partial charge in [0.2, 0.25) is 11.9 Å². The van der Waals surface area contributed by atoms with Crippen molar-refractivity contribution in [2.24, 2.45) is 0 Å². The number of benzene rings is 1. The Morgan fingerprint density at radius 1 is 1.17 bits per heavy atom. The largest absolute Gasteiger partial charge is 0.454 e. The molecule has 2 aromatic rings. The Hall–Kier alpha value is -2.69. The molecule has 0 saturated carbocycles.